The Bertz CT molecular complexity index is 1040. The monoisotopic (exact) mass is 502 g/mol. The summed E-state index contributed by atoms with van der Waals surface area (Å²) in [5.74, 6) is -0.906. The number of nitrogens with one attached hydrogen (secondary N) is 2. The molecule has 1 aromatic heterocycles. The van der Waals surface area contributed by atoms with E-state index in [4.69, 9.17) is 9.94 Å². The molecule has 194 valence electrons. The molecule has 0 spiro atoms. The fraction of sp³-hybridized carbons (Fsp3) is 0.520. The predicted molar refractivity (Wildman–Crippen MR) is 132 cm³/mol. The van der Waals surface area contributed by atoms with Crippen molar-refractivity contribution in [2.24, 2.45) is 5.16 Å². The summed E-state index contributed by atoms with van der Waals surface area (Å²) in [4.78, 5) is 28.4. The zero-order valence-corrected chi connectivity index (χ0v) is 20.3. The summed E-state index contributed by atoms with van der Waals surface area (Å²) in [7, 11) is 0. The molecule has 0 unspecified atom stereocenters. The lowest BCUT2D eigenvalue weighted by Crippen LogP contribution is -2.37. The Hall–Kier alpha value is -3.34. The minimum atomic E-state index is -0.825. The van der Waals surface area contributed by atoms with Crippen molar-refractivity contribution < 1.29 is 23.5 Å². The Labute approximate surface area is 208 Å². The maximum Gasteiger partial charge on any atom is 0.319 e. The van der Waals surface area contributed by atoms with E-state index >= 15 is 0 Å². The van der Waals surface area contributed by atoms with Crippen molar-refractivity contribution in [3.8, 4) is 0 Å². The summed E-state index contributed by atoms with van der Waals surface area (Å²) in [6.07, 6.45) is 8.21. The molecule has 2 aromatic rings. The van der Waals surface area contributed by atoms with Crippen molar-refractivity contribution in [1.29, 1.82) is 0 Å². The first kappa shape index (κ1) is 25.7. The van der Waals surface area contributed by atoms with Gasteiger partial charge in [0.1, 0.15) is 23.4 Å². The summed E-state index contributed by atoms with van der Waals surface area (Å²) < 4.78 is 29.0. The molecule has 2 amide bonds. The van der Waals surface area contributed by atoms with Crippen LogP contribution >= 0.6 is 0 Å². The Morgan fingerprint density at radius 1 is 1.14 bits per heavy atom. The van der Waals surface area contributed by atoms with Gasteiger partial charge in [-0.1, -0.05) is 5.16 Å². The van der Waals surface area contributed by atoms with E-state index in [9.17, 15) is 13.6 Å². The van der Waals surface area contributed by atoms with E-state index in [2.05, 4.69) is 30.7 Å². The minimum Gasteiger partial charge on any atom is -0.395 e. The van der Waals surface area contributed by atoms with Crippen LogP contribution in [-0.4, -0.2) is 59.2 Å². The molecule has 1 aliphatic carbocycles. The van der Waals surface area contributed by atoms with Crippen molar-refractivity contribution in [2.45, 2.75) is 57.5 Å². The van der Waals surface area contributed by atoms with Gasteiger partial charge in [-0.15, -0.1) is 0 Å². The molecule has 4 rings (SSSR count). The van der Waals surface area contributed by atoms with Crippen LogP contribution in [0.5, 0.6) is 0 Å². The molecule has 0 atom stereocenters. The Morgan fingerprint density at radius 2 is 1.78 bits per heavy atom. The topological polar surface area (TPSA) is 112 Å². The number of aryl methyl sites for hydroxylation is 1. The summed E-state index contributed by atoms with van der Waals surface area (Å²) in [6.45, 7) is 3.31. The number of amides is 2. The number of hydrogen-bond acceptors (Lipinski definition) is 7. The largest absolute Gasteiger partial charge is 0.395 e. The number of aromatic nitrogens is 2. The highest BCUT2D eigenvalue weighted by molar-refractivity contribution is 5.89. The number of carbonyl (C=O) groups excluding carboxylic acids is 1. The van der Waals surface area contributed by atoms with Crippen molar-refractivity contribution >= 4 is 23.4 Å². The van der Waals surface area contributed by atoms with Crippen LogP contribution in [-0.2, 0) is 4.84 Å². The van der Waals surface area contributed by atoms with Crippen molar-refractivity contribution in [2.75, 3.05) is 36.5 Å². The van der Waals surface area contributed by atoms with Crippen molar-refractivity contribution in [3.05, 3.63) is 47.3 Å². The third kappa shape index (κ3) is 6.66. The molecule has 2 fully saturated rings. The Balaban J connectivity index is 1.25. The van der Waals surface area contributed by atoms with Crippen molar-refractivity contribution in [1.82, 2.24) is 15.3 Å². The van der Waals surface area contributed by atoms with Gasteiger partial charge in [0.15, 0.2) is 0 Å². The lowest BCUT2D eigenvalue weighted by Gasteiger charge is -2.31. The number of nitrogens with zero attached hydrogens (tertiary/aromatic N) is 4. The number of piperidine rings is 1. The van der Waals surface area contributed by atoms with Gasteiger partial charge in [-0.3, -0.25) is 0 Å². The fourth-order valence-corrected chi connectivity index (χ4v) is 4.51. The summed E-state index contributed by atoms with van der Waals surface area (Å²) >= 11 is 0. The first-order chi connectivity index (χ1) is 17.4. The van der Waals surface area contributed by atoms with E-state index in [-0.39, 0.29) is 25.2 Å². The second-order valence-electron chi connectivity index (χ2n) is 9.25. The number of aliphatic hydroxyl groups excluding tert-OH is 1. The maximum absolute atomic E-state index is 14.5. The van der Waals surface area contributed by atoms with Gasteiger partial charge in [-0.2, -0.15) is 0 Å². The van der Waals surface area contributed by atoms with Gasteiger partial charge in [-0.25, -0.2) is 23.5 Å². The zero-order valence-electron chi connectivity index (χ0n) is 20.3. The SMILES string of the molecule is Cc1cnc(N2CCC(ON=C3CCC(c4cc(F)c(NC(=O)NCCO)c(F)c4)CC3)CC2)nc1. The Kier molecular flexibility index (Phi) is 8.63. The van der Waals surface area contributed by atoms with Crippen LogP contribution in [0.1, 0.15) is 55.6 Å². The van der Waals surface area contributed by atoms with Gasteiger partial charge in [0.25, 0.3) is 0 Å². The number of carbonyl (C=O) groups is 1. The highest BCUT2D eigenvalue weighted by atomic mass is 19.1. The van der Waals surface area contributed by atoms with Gasteiger partial charge in [0.2, 0.25) is 5.95 Å². The van der Waals surface area contributed by atoms with Gasteiger partial charge >= 0.3 is 6.03 Å². The quantitative estimate of drug-likeness (QED) is 0.496. The molecule has 1 saturated carbocycles. The Morgan fingerprint density at radius 3 is 2.39 bits per heavy atom. The van der Waals surface area contributed by atoms with E-state index in [0.717, 1.165) is 43.2 Å². The van der Waals surface area contributed by atoms with E-state index < -0.39 is 23.4 Å². The smallest absolute Gasteiger partial charge is 0.319 e. The number of hydrogen-bond donors (Lipinski definition) is 3. The first-order valence-corrected chi connectivity index (χ1v) is 12.3. The van der Waals surface area contributed by atoms with Crippen LogP contribution in [0.3, 0.4) is 0 Å². The summed E-state index contributed by atoms with van der Waals surface area (Å²) in [6, 6.07) is 1.78. The number of aliphatic hydroxyl groups is 1. The minimum absolute atomic E-state index is 0.00274. The van der Waals surface area contributed by atoms with Gasteiger partial charge in [0.05, 0.1) is 12.3 Å². The third-order valence-corrected chi connectivity index (χ3v) is 6.56. The standard InChI is InChI=1S/C25H32F2N6O3/c1-16-14-29-24(30-15-16)33-9-6-20(7-10-33)36-32-19-4-2-17(3-5-19)18-12-21(26)23(22(27)13-18)31-25(35)28-8-11-34/h12-15,17,20,34H,2-11H2,1H3,(H2,28,31,35). The lowest BCUT2D eigenvalue weighted by molar-refractivity contribution is 0.0406. The highest BCUT2D eigenvalue weighted by Crippen LogP contribution is 2.34. The summed E-state index contributed by atoms with van der Waals surface area (Å²) in [5.41, 5.74) is 2.07. The van der Waals surface area contributed by atoms with Crippen LogP contribution in [0.2, 0.25) is 0 Å². The van der Waals surface area contributed by atoms with E-state index in [0.29, 0.717) is 31.2 Å². The second kappa shape index (κ2) is 12.1. The molecule has 0 bridgehead atoms. The average molecular weight is 503 g/mol. The van der Waals surface area contributed by atoms with E-state index in [1.54, 1.807) is 0 Å². The number of halogens is 2. The molecule has 36 heavy (non-hydrogen) atoms. The summed E-state index contributed by atoms with van der Waals surface area (Å²) in [5, 5.41) is 17.6. The molecule has 1 saturated heterocycles. The molecule has 2 heterocycles. The number of anilines is 2. The predicted octanol–water partition coefficient (Wildman–Crippen LogP) is 3.88. The van der Waals surface area contributed by atoms with Crippen LogP contribution in [0.15, 0.2) is 29.7 Å². The maximum atomic E-state index is 14.5. The van der Waals surface area contributed by atoms with E-state index in [1.165, 1.54) is 12.1 Å². The molecule has 1 aromatic carbocycles. The van der Waals surface area contributed by atoms with Gasteiger partial charge < -0.3 is 25.5 Å². The normalized spacial score (nSPS) is 18.6. The highest BCUT2D eigenvalue weighted by Gasteiger charge is 2.25. The van der Waals surface area contributed by atoms with Crippen LogP contribution < -0.4 is 15.5 Å². The lowest BCUT2D eigenvalue weighted by atomic mass is 9.83. The second-order valence-corrected chi connectivity index (χ2v) is 9.25. The molecular formula is C25H32F2N6O3. The van der Waals surface area contributed by atoms with Crippen molar-refractivity contribution in [3.63, 3.8) is 0 Å². The molecule has 0 radical (unpaired) electrons. The van der Waals surface area contributed by atoms with Gasteiger partial charge in [0, 0.05) is 44.9 Å². The van der Waals surface area contributed by atoms with Crippen LogP contribution in [0.4, 0.5) is 25.2 Å². The first-order valence-electron chi connectivity index (χ1n) is 12.3. The molecular weight excluding hydrogens is 470 g/mol. The number of urea groups is 1. The van der Waals surface area contributed by atoms with E-state index in [1.807, 2.05) is 19.3 Å². The van der Waals surface area contributed by atoms with Crippen LogP contribution in [0, 0.1) is 18.6 Å². The van der Waals surface area contributed by atoms with Crippen LogP contribution in [0.25, 0.3) is 0 Å². The molecule has 9 nitrogen and oxygen atoms in total. The fourth-order valence-electron chi connectivity index (χ4n) is 4.51. The molecule has 2 aliphatic rings. The third-order valence-electron chi connectivity index (χ3n) is 6.56. The zero-order chi connectivity index (χ0) is 25.5. The molecule has 1 aliphatic heterocycles. The molecule has 11 heteroatoms. The van der Waals surface area contributed by atoms with Gasteiger partial charge in [-0.05, 0) is 61.8 Å². The number of benzene rings is 1. The number of rotatable bonds is 7. The average Bonchev–Trinajstić information content (AvgIpc) is 2.89. The molecule has 3 N–H and O–H groups in total. The number of oxime groups is 1.